The smallest absolute Gasteiger partial charge is 0.343 e. The summed E-state index contributed by atoms with van der Waals surface area (Å²) in [4.78, 5) is 25.6. The summed E-state index contributed by atoms with van der Waals surface area (Å²) in [6, 6.07) is 10.4. The van der Waals surface area contributed by atoms with E-state index in [4.69, 9.17) is 10.5 Å². The zero-order valence-electron chi connectivity index (χ0n) is 15.1. The first kappa shape index (κ1) is 19.7. The van der Waals surface area contributed by atoms with Gasteiger partial charge in [0.1, 0.15) is 6.33 Å². The van der Waals surface area contributed by atoms with Crippen molar-refractivity contribution in [3.05, 3.63) is 75.6 Å². The Morgan fingerprint density at radius 2 is 2.25 bits per heavy atom. The molecule has 9 heteroatoms. The Morgan fingerprint density at radius 1 is 1.43 bits per heavy atom. The number of thiophene rings is 1. The van der Waals surface area contributed by atoms with Gasteiger partial charge in [0, 0.05) is 16.3 Å². The molecule has 2 heterocycles. The van der Waals surface area contributed by atoms with Crippen molar-refractivity contribution in [1.29, 1.82) is 0 Å². The largest absolute Gasteiger partial charge is 0.465 e. The van der Waals surface area contributed by atoms with Crippen LogP contribution in [0.4, 0.5) is 4.39 Å². The zero-order valence-corrected chi connectivity index (χ0v) is 15.9. The van der Waals surface area contributed by atoms with Gasteiger partial charge in [0.25, 0.3) is 0 Å². The first-order valence-electron chi connectivity index (χ1n) is 8.45. The number of halogens is 1. The minimum Gasteiger partial charge on any atom is -0.465 e. The molecule has 28 heavy (non-hydrogen) atoms. The van der Waals surface area contributed by atoms with Crippen LogP contribution >= 0.6 is 11.3 Å². The number of carbonyl (C=O) groups excluding carboxylic acids is 1. The number of benzene rings is 1. The van der Waals surface area contributed by atoms with Crippen LogP contribution in [0.5, 0.6) is 0 Å². The molecule has 1 atom stereocenters. The van der Waals surface area contributed by atoms with Crippen LogP contribution in [0.2, 0.25) is 0 Å². The highest BCUT2D eigenvalue weighted by atomic mass is 32.1. The molecule has 0 saturated carbocycles. The van der Waals surface area contributed by atoms with Gasteiger partial charge in [-0.2, -0.15) is 5.10 Å². The van der Waals surface area contributed by atoms with Crippen LogP contribution in [0.25, 0.3) is 10.4 Å². The van der Waals surface area contributed by atoms with Gasteiger partial charge >= 0.3 is 11.7 Å². The Morgan fingerprint density at radius 3 is 2.89 bits per heavy atom. The number of aromatic amines is 1. The van der Waals surface area contributed by atoms with E-state index in [1.165, 1.54) is 29.3 Å². The summed E-state index contributed by atoms with van der Waals surface area (Å²) >= 11 is 1.45. The molecule has 0 amide bonds. The Hall–Kier alpha value is -3.04. The first-order valence-corrected chi connectivity index (χ1v) is 9.27. The highest BCUT2D eigenvalue weighted by Crippen LogP contribution is 2.35. The molecule has 0 aliphatic heterocycles. The number of rotatable bonds is 7. The van der Waals surface area contributed by atoms with Crippen molar-refractivity contribution in [2.24, 2.45) is 5.73 Å². The van der Waals surface area contributed by atoms with Crippen molar-refractivity contribution < 1.29 is 13.9 Å². The van der Waals surface area contributed by atoms with Crippen molar-refractivity contribution in [3.63, 3.8) is 0 Å². The van der Waals surface area contributed by atoms with E-state index in [1.54, 1.807) is 18.2 Å². The van der Waals surface area contributed by atoms with Gasteiger partial charge in [-0.05, 0) is 41.8 Å². The lowest BCUT2D eigenvalue weighted by Gasteiger charge is -2.16. The number of H-pyrrole nitrogens is 1. The minimum atomic E-state index is -0.445. The molecule has 3 rings (SSSR count). The van der Waals surface area contributed by atoms with E-state index in [2.05, 4.69) is 10.2 Å². The molecule has 0 radical (unpaired) electrons. The summed E-state index contributed by atoms with van der Waals surface area (Å²) < 4.78 is 19.3. The molecule has 0 spiro atoms. The van der Waals surface area contributed by atoms with Crippen LogP contribution in [0.1, 0.15) is 27.7 Å². The van der Waals surface area contributed by atoms with E-state index in [1.807, 2.05) is 18.2 Å². The maximum atomic E-state index is 13.1. The summed E-state index contributed by atoms with van der Waals surface area (Å²) in [5.41, 5.74) is 6.89. The number of hydrogen-bond acceptors (Lipinski definition) is 6. The van der Waals surface area contributed by atoms with Gasteiger partial charge in [0.2, 0.25) is 0 Å². The number of esters is 1. The van der Waals surface area contributed by atoms with Gasteiger partial charge in [-0.3, -0.25) is 4.57 Å². The second-order valence-corrected chi connectivity index (χ2v) is 7.15. The summed E-state index contributed by atoms with van der Waals surface area (Å²) in [5.74, 6) is -0.415. The van der Waals surface area contributed by atoms with Gasteiger partial charge in [-0.25, -0.2) is 19.1 Å². The molecule has 1 aromatic carbocycles. The van der Waals surface area contributed by atoms with Gasteiger partial charge < -0.3 is 10.5 Å². The lowest BCUT2D eigenvalue weighted by Crippen LogP contribution is -2.23. The van der Waals surface area contributed by atoms with Crippen molar-refractivity contribution in [3.8, 4) is 10.4 Å². The van der Waals surface area contributed by atoms with Crippen LogP contribution in [-0.2, 0) is 4.74 Å². The molecule has 0 saturated heterocycles. The molecule has 0 aliphatic rings. The van der Waals surface area contributed by atoms with Crippen molar-refractivity contribution in [1.82, 2.24) is 14.8 Å². The maximum Gasteiger partial charge on any atom is 0.343 e. The number of nitrogens with two attached hydrogens (primary N) is 1. The molecular weight excluding hydrogens is 383 g/mol. The summed E-state index contributed by atoms with van der Waals surface area (Å²) in [6.45, 7) is 0.0546. The van der Waals surface area contributed by atoms with Crippen molar-refractivity contribution >= 4 is 17.3 Å². The van der Waals surface area contributed by atoms with Gasteiger partial charge in [0.15, 0.2) is 0 Å². The number of aromatic nitrogens is 3. The Balaban J connectivity index is 1.98. The molecule has 0 fully saturated rings. The third kappa shape index (κ3) is 4.10. The average molecular weight is 402 g/mol. The fourth-order valence-electron chi connectivity index (χ4n) is 2.84. The lowest BCUT2D eigenvalue weighted by atomic mass is 10.1. The number of nitrogens with zero attached hydrogens (tertiary/aromatic N) is 2. The molecule has 2 aromatic heterocycles. The fourth-order valence-corrected chi connectivity index (χ4v) is 3.94. The molecule has 1 unspecified atom stereocenters. The fraction of sp³-hybridized carbons (Fsp3) is 0.211. The van der Waals surface area contributed by atoms with Crippen LogP contribution in [0.3, 0.4) is 0 Å². The standard InChI is InChI=1S/C19H19FN4O3S/c1-27-18(25)14-4-2-3-13(8-14)16-5-6-17(28-16)15(7-12(9-20)10-21)24-11-22-23-19(24)26/h2-6,8-9,11,15H,7,10,21H2,1H3,(H,23,26)/b12-9+. The monoisotopic (exact) mass is 402 g/mol. The number of ether oxygens (including phenoxy) is 1. The summed E-state index contributed by atoms with van der Waals surface area (Å²) in [6.07, 6.45) is 2.11. The molecule has 0 aliphatic carbocycles. The average Bonchev–Trinajstić information content (AvgIpc) is 3.38. The van der Waals surface area contributed by atoms with E-state index in [0.29, 0.717) is 17.5 Å². The quantitative estimate of drug-likeness (QED) is 0.592. The number of hydrogen-bond donors (Lipinski definition) is 2. The van der Waals surface area contributed by atoms with Crippen LogP contribution in [0, 0.1) is 0 Å². The first-order chi connectivity index (χ1) is 13.6. The number of carbonyl (C=O) groups is 1. The Labute approximate surface area is 164 Å². The van der Waals surface area contributed by atoms with Crippen LogP contribution in [0.15, 0.2) is 59.4 Å². The Bertz CT molecular complexity index is 1050. The lowest BCUT2D eigenvalue weighted by molar-refractivity contribution is 0.0601. The SMILES string of the molecule is COC(=O)c1cccc(-c2ccc(C(C/C(=C\F)CN)n3cn[nH]c3=O)s2)c1. The van der Waals surface area contributed by atoms with Crippen LogP contribution < -0.4 is 11.4 Å². The normalized spacial score (nSPS) is 12.8. The molecule has 146 valence electrons. The molecule has 3 aromatic rings. The predicted octanol–water partition coefficient (Wildman–Crippen LogP) is 2.88. The van der Waals surface area contributed by atoms with E-state index >= 15 is 0 Å². The molecular formula is C19H19FN4O3S. The third-order valence-corrected chi connectivity index (χ3v) is 5.54. The van der Waals surface area contributed by atoms with Gasteiger partial charge in [-0.1, -0.05) is 12.1 Å². The maximum absolute atomic E-state index is 13.1. The summed E-state index contributed by atoms with van der Waals surface area (Å²) in [5, 5.41) is 6.13. The van der Waals surface area contributed by atoms with Crippen molar-refractivity contribution in [2.75, 3.05) is 13.7 Å². The highest BCUT2D eigenvalue weighted by Gasteiger charge is 2.20. The van der Waals surface area contributed by atoms with Gasteiger partial charge in [-0.15, -0.1) is 11.3 Å². The van der Waals surface area contributed by atoms with E-state index < -0.39 is 12.0 Å². The van der Waals surface area contributed by atoms with E-state index in [9.17, 15) is 14.0 Å². The molecule has 7 nitrogen and oxygen atoms in total. The number of nitrogens with one attached hydrogen (secondary N) is 1. The molecule has 0 bridgehead atoms. The predicted molar refractivity (Wildman–Crippen MR) is 105 cm³/mol. The topological polar surface area (TPSA) is 103 Å². The van der Waals surface area contributed by atoms with E-state index in [-0.39, 0.29) is 18.7 Å². The zero-order chi connectivity index (χ0) is 20.1. The Kier molecular flexibility index (Phi) is 6.17. The third-order valence-electron chi connectivity index (χ3n) is 4.31. The second kappa shape index (κ2) is 8.77. The second-order valence-electron chi connectivity index (χ2n) is 6.03. The highest BCUT2D eigenvalue weighted by molar-refractivity contribution is 7.15. The minimum absolute atomic E-state index is 0.0546. The molecule has 3 N–H and O–H groups in total. The summed E-state index contributed by atoms with van der Waals surface area (Å²) in [7, 11) is 1.33. The van der Waals surface area contributed by atoms with Crippen molar-refractivity contribution in [2.45, 2.75) is 12.5 Å². The van der Waals surface area contributed by atoms with Crippen LogP contribution in [-0.4, -0.2) is 34.4 Å². The van der Waals surface area contributed by atoms with E-state index in [0.717, 1.165) is 15.3 Å². The number of methoxy groups -OCH3 is 1. The van der Waals surface area contributed by atoms with Gasteiger partial charge in [0.05, 0.1) is 25.0 Å².